The molecule has 0 aliphatic rings. The van der Waals surface area contributed by atoms with E-state index in [4.69, 9.17) is 0 Å². The van der Waals surface area contributed by atoms with Crippen molar-refractivity contribution in [3.8, 4) is 0 Å². The zero-order valence-corrected chi connectivity index (χ0v) is 8.42. The largest absolute Gasteiger partial charge is 0.344 e. The zero-order valence-electron chi connectivity index (χ0n) is 8.42. The van der Waals surface area contributed by atoms with E-state index in [2.05, 4.69) is 9.97 Å². The summed E-state index contributed by atoms with van der Waals surface area (Å²) in [5.74, 6) is 0. The fourth-order valence-corrected chi connectivity index (χ4v) is 1.46. The van der Waals surface area contributed by atoms with Crippen molar-refractivity contribution in [2.24, 2.45) is 0 Å². The Labute approximate surface area is 87.6 Å². The Morgan fingerprint density at radius 2 is 2.33 bits per heavy atom. The Kier molecular flexibility index (Phi) is 2.58. The zero-order chi connectivity index (χ0) is 10.7. The van der Waals surface area contributed by atoms with Gasteiger partial charge in [-0.2, -0.15) is 0 Å². The molecular formula is C11H11N3O. The molecule has 0 saturated carbocycles. The summed E-state index contributed by atoms with van der Waals surface area (Å²) in [6.07, 6.45) is 4.11. The van der Waals surface area contributed by atoms with Gasteiger partial charge < -0.3 is 4.90 Å². The van der Waals surface area contributed by atoms with Gasteiger partial charge in [0.15, 0.2) is 0 Å². The maximum Gasteiger partial charge on any atom is 0.209 e. The number of hydrogen-bond acceptors (Lipinski definition) is 3. The van der Waals surface area contributed by atoms with Crippen LogP contribution in [0.1, 0.15) is 5.56 Å². The number of nitrogens with zero attached hydrogens (tertiary/aromatic N) is 3. The first-order valence-electron chi connectivity index (χ1n) is 4.64. The van der Waals surface area contributed by atoms with Gasteiger partial charge in [0, 0.05) is 25.2 Å². The lowest BCUT2D eigenvalue weighted by Crippen LogP contribution is -2.14. The van der Waals surface area contributed by atoms with Crippen molar-refractivity contribution in [1.29, 1.82) is 0 Å². The van der Waals surface area contributed by atoms with E-state index >= 15 is 0 Å². The van der Waals surface area contributed by atoms with E-state index < -0.39 is 0 Å². The number of amides is 1. The summed E-state index contributed by atoms with van der Waals surface area (Å²) in [5, 5.41) is 0.995. The van der Waals surface area contributed by atoms with Gasteiger partial charge in [0.05, 0.1) is 5.52 Å². The van der Waals surface area contributed by atoms with E-state index in [1.54, 1.807) is 18.1 Å². The Hall–Kier alpha value is -1.97. The summed E-state index contributed by atoms with van der Waals surface area (Å²) in [6.45, 7) is 0.605. The third-order valence-electron chi connectivity index (χ3n) is 2.18. The lowest BCUT2D eigenvalue weighted by Gasteiger charge is -2.10. The molecule has 1 amide bonds. The Bertz CT molecular complexity index is 484. The molecule has 0 saturated heterocycles. The molecule has 0 unspecified atom stereocenters. The maximum atomic E-state index is 10.5. The van der Waals surface area contributed by atoms with Crippen LogP contribution in [0.3, 0.4) is 0 Å². The summed E-state index contributed by atoms with van der Waals surface area (Å²) >= 11 is 0. The van der Waals surface area contributed by atoms with Crippen molar-refractivity contribution >= 4 is 17.3 Å². The molecule has 4 heteroatoms. The van der Waals surface area contributed by atoms with Crippen LogP contribution < -0.4 is 0 Å². The highest BCUT2D eigenvalue weighted by Crippen LogP contribution is 2.12. The van der Waals surface area contributed by atoms with Gasteiger partial charge in [-0.05, 0) is 17.7 Å². The summed E-state index contributed by atoms with van der Waals surface area (Å²) in [6, 6.07) is 5.90. The van der Waals surface area contributed by atoms with Crippen molar-refractivity contribution in [2.75, 3.05) is 7.05 Å². The smallest absolute Gasteiger partial charge is 0.209 e. The summed E-state index contributed by atoms with van der Waals surface area (Å²) in [5.41, 5.74) is 1.99. The van der Waals surface area contributed by atoms with Gasteiger partial charge in [0.2, 0.25) is 6.41 Å². The highest BCUT2D eigenvalue weighted by molar-refractivity contribution is 5.78. The minimum atomic E-state index is 0.605. The number of aromatic nitrogens is 2. The molecule has 4 nitrogen and oxygen atoms in total. The van der Waals surface area contributed by atoms with Crippen LogP contribution in [0.5, 0.6) is 0 Å². The number of fused-ring (bicyclic) bond motifs is 1. The quantitative estimate of drug-likeness (QED) is 0.701. The van der Waals surface area contributed by atoms with Crippen LogP contribution in [-0.2, 0) is 11.3 Å². The van der Waals surface area contributed by atoms with Crippen LogP contribution in [0.4, 0.5) is 0 Å². The molecule has 0 aliphatic heterocycles. The van der Waals surface area contributed by atoms with Gasteiger partial charge in [-0.1, -0.05) is 6.07 Å². The van der Waals surface area contributed by atoms with Crippen molar-refractivity contribution in [1.82, 2.24) is 14.9 Å². The first-order chi connectivity index (χ1) is 7.29. The second kappa shape index (κ2) is 4.04. The van der Waals surface area contributed by atoms with E-state index in [9.17, 15) is 4.79 Å². The Morgan fingerprint density at radius 1 is 1.47 bits per heavy atom. The molecule has 2 aromatic rings. The molecular weight excluding hydrogens is 190 g/mol. The number of benzene rings is 1. The van der Waals surface area contributed by atoms with Gasteiger partial charge in [-0.3, -0.25) is 4.79 Å². The molecule has 76 valence electrons. The predicted molar refractivity (Wildman–Crippen MR) is 57.1 cm³/mol. The molecule has 1 heterocycles. The minimum absolute atomic E-state index is 0.605. The lowest BCUT2D eigenvalue weighted by molar-refractivity contribution is -0.117. The first kappa shape index (κ1) is 9.58. The van der Waals surface area contributed by atoms with Gasteiger partial charge in [-0.15, -0.1) is 0 Å². The van der Waals surface area contributed by atoms with Crippen LogP contribution in [0.15, 0.2) is 30.7 Å². The van der Waals surface area contributed by atoms with E-state index in [0.29, 0.717) is 6.54 Å². The van der Waals surface area contributed by atoms with Gasteiger partial charge in [-0.25, -0.2) is 9.97 Å². The molecule has 1 aromatic heterocycles. The number of rotatable bonds is 3. The summed E-state index contributed by atoms with van der Waals surface area (Å²) in [7, 11) is 1.75. The maximum absolute atomic E-state index is 10.5. The monoisotopic (exact) mass is 201 g/mol. The van der Waals surface area contributed by atoms with E-state index in [0.717, 1.165) is 22.9 Å². The fraction of sp³-hybridized carbons (Fsp3) is 0.182. The third-order valence-corrected chi connectivity index (χ3v) is 2.18. The average Bonchev–Trinajstić information content (AvgIpc) is 2.29. The molecule has 2 rings (SSSR count). The highest BCUT2D eigenvalue weighted by atomic mass is 16.1. The average molecular weight is 201 g/mol. The number of carbonyl (C=O) groups excluding carboxylic acids is 1. The molecule has 0 atom stereocenters. The lowest BCUT2D eigenvalue weighted by atomic mass is 10.1. The molecule has 0 bridgehead atoms. The molecule has 1 aromatic carbocycles. The van der Waals surface area contributed by atoms with Gasteiger partial charge in [0.25, 0.3) is 0 Å². The summed E-state index contributed by atoms with van der Waals surface area (Å²) in [4.78, 5) is 20.1. The number of carbonyl (C=O) groups is 1. The van der Waals surface area contributed by atoms with Crippen LogP contribution >= 0.6 is 0 Å². The van der Waals surface area contributed by atoms with Crippen LogP contribution in [-0.4, -0.2) is 28.3 Å². The van der Waals surface area contributed by atoms with Crippen LogP contribution in [0.25, 0.3) is 10.9 Å². The Balaban J connectivity index is 2.34. The predicted octanol–water partition coefficient (Wildman–Crippen LogP) is 1.22. The van der Waals surface area contributed by atoms with Crippen LogP contribution in [0, 0.1) is 0 Å². The molecule has 0 aliphatic carbocycles. The highest BCUT2D eigenvalue weighted by Gasteiger charge is 1.99. The van der Waals surface area contributed by atoms with E-state index in [1.165, 1.54) is 6.33 Å². The molecule has 0 fully saturated rings. The van der Waals surface area contributed by atoms with Crippen molar-refractivity contribution in [3.63, 3.8) is 0 Å². The molecule has 15 heavy (non-hydrogen) atoms. The van der Waals surface area contributed by atoms with Crippen molar-refractivity contribution in [2.45, 2.75) is 6.54 Å². The SMILES string of the molecule is CN(C=O)Cc1ccc2ncncc2c1. The standard InChI is InChI=1S/C11H11N3O/c1-14(8-15)6-9-2-3-11-10(4-9)5-12-7-13-11/h2-5,7-8H,6H2,1H3. The normalized spacial score (nSPS) is 10.2. The number of hydrogen-bond donors (Lipinski definition) is 0. The second-order valence-corrected chi connectivity index (χ2v) is 3.44. The third kappa shape index (κ3) is 2.10. The fourth-order valence-electron chi connectivity index (χ4n) is 1.46. The Morgan fingerprint density at radius 3 is 3.13 bits per heavy atom. The van der Waals surface area contributed by atoms with Gasteiger partial charge >= 0.3 is 0 Å². The second-order valence-electron chi connectivity index (χ2n) is 3.44. The van der Waals surface area contributed by atoms with Crippen LogP contribution in [0.2, 0.25) is 0 Å². The topological polar surface area (TPSA) is 46.1 Å². The molecule has 0 radical (unpaired) electrons. The van der Waals surface area contributed by atoms with E-state index in [1.807, 2.05) is 18.2 Å². The minimum Gasteiger partial charge on any atom is -0.344 e. The molecule has 0 spiro atoms. The van der Waals surface area contributed by atoms with Crippen molar-refractivity contribution in [3.05, 3.63) is 36.3 Å². The van der Waals surface area contributed by atoms with Gasteiger partial charge in [0.1, 0.15) is 6.33 Å². The molecule has 0 N–H and O–H groups in total. The first-order valence-corrected chi connectivity index (χ1v) is 4.64. The van der Waals surface area contributed by atoms with E-state index in [-0.39, 0.29) is 0 Å². The van der Waals surface area contributed by atoms with Crippen molar-refractivity contribution < 1.29 is 4.79 Å². The summed E-state index contributed by atoms with van der Waals surface area (Å²) < 4.78 is 0.